The van der Waals surface area contributed by atoms with Gasteiger partial charge in [0.2, 0.25) is 5.91 Å². The predicted octanol–water partition coefficient (Wildman–Crippen LogP) is 2.27. The molecule has 0 radical (unpaired) electrons. The Balaban J connectivity index is 0.00000225. The van der Waals surface area contributed by atoms with Crippen LogP contribution in [0.5, 0.6) is 0 Å². The van der Waals surface area contributed by atoms with Crippen molar-refractivity contribution in [3.8, 4) is 0 Å². The third kappa shape index (κ3) is 5.56. The molecule has 1 amide bonds. The number of benzene rings is 2. The summed E-state index contributed by atoms with van der Waals surface area (Å²) < 4.78 is 0. The molecule has 0 spiro atoms. The zero-order chi connectivity index (χ0) is 16.8. The molecule has 134 valence electrons. The number of carbonyl (C=O) groups is 1. The molecule has 3 N–H and O–H groups in total. The summed E-state index contributed by atoms with van der Waals surface area (Å²) in [6.45, 7) is 1.08. The van der Waals surface area contributed by atoms with E-state index in [2.05, 4.69) is 34.9 Å². The zero-order valence-corrected chi connectivity index (χ0v) is 14.9. The van der Waals surface area contributed by atoms with Gasteiger partial charge in [-0.3, -0.25) is 4.79 Å². The third-order valence-corrected chi connectivity index (χ3v) is 4.54. The Bertz CT molecular complexity index is 651. The molecule has 1 saturated heterocycles. The van der Waals surface area contributed by atoms with Crippen LogP contribution >= 0.6 is 12.4 Å². The molecule has 0 bridgehead atoms. The van der Waals surface area contributed by atoms with E-state index in [9.17, 15) is 9.90 Å². The van der Waals surface area contributed by atoms with Crippen LogP contribution in [-0.2, 0) is 11.2 Å². The molecule has 5 heteroatoms. The lowest BCUT2D eigenvalue weighted by Crippen LogP contribution is -2.42. The topological polar surface area (TPSA) is 61.4 Å². The predicted molar refractivity (Wildman–Crippen MR) is 102 cm³/mol. The maximum atomic E-state index is 12.3. The average molecular weight is 361 g/mol. The van der Waals surface area contributed by atoms with E-state index < -0.39 is 6.10 Å². The van der Waals surface area contributed by atoms with Gasteiger partial charge in [0.25, 0.3) is 0 Å². The minimum atomic E-state index is -0.421. The van der Waals surface area contributed by atoms with Crippen LogP contribution in [0, 0.1) is 0 Å². The van der Waals surface area contributed by atoms with Gasteiger partial charge in [0.05, 0.1) is 12.1 Å². The fourth-order valence-corrected chi connectivity index (χ4v) is 3.20. The van der Waals surface area contributed by atoms with Crippen molar-refractivity contribution in [3.05, 3.63) is 71.8 Å². The van der Waals surface area contributed by atoms with Gasteiger partial charge < -0.3 is 15.7 Å². The second-order valence-corrected chi connectivity index (χ2v) is 6.39. The fraction of sp³-hybridized carbons (Fsp3) is 0.350. The maximum Gasteiger partial charge on any atom is 0.237 e. The molecule has 1 aliphatic rings. The summed E-state index contributed by atoms with van der Waals surface area (Å²) in [6, 6.07) is 20.3. The highest BCUT2D eigenvalue weighted by Gasteiger charge is 2.28. The normalized spacial score (nSPS) is 20.5. The average Bonchev–Trinajstić information content (AvgIpc) is 3.06. The van der Waals surface area contributed by atoms with Gasteiger partial charge in [0.15, 0.2) is 0 Å². The van der Waals surface area contributed by atoms with Crippen molar-refractivity contribution >= 4 is 18.3 Å². The van der Waals surface area contributed by atoms with Crippen LogP contribution in [0.4, 0.5) is 0 Å². The molecule has 25 heavy (non-hydrogen) atoms. The van der Waals surface area contributed by atoms with Crippen LogP contribution in [0.2, 0.25) is 0 Å². The lowest BCUT2D eigenvalue weighted by Gasteiger charge is -2.20. The van der Waals surface area contributed by atoms with E-state index in [1.807, 2.05) is 36.4 Å². The van der Waals surface area contributed by atoms with Crippen molar-refractivity contribution < 1.29 is 9.90 Å². The quantitative estimate of drug-likeness (QED) is 0.740. The summed E-state index contributed by atoms with van der Waals surface area (Å²) in [4.78, 5) is 12.3. The Hall–Kier alpha value is -1.88. The highest BCUT2D eigenvalue weighted by Crippen LogP contribution is 2.20. The summed E-state index contributed by atoms with van der Waals surface area (Å²) in [7, 11) is 0. The van der Waals surface area contributed by atoms with Crippen LogP contribution < -0.4 is 10.6 Å². The summed E-state index contributed by atoms with van der Waals surface area (Å²) in [5.74, 6) is 0.199. The number of β-amino-alcohol motifs (C(OH)–C–C–N with tert-alkyl or cyclic N) is 1. The second kappa shape index (κ2) is 9.56. The van der Waals surface area contributed by atoms with Crippen molar-refractivity contribution in [3.63, 3.8) is 0 Å². The monoisotopic (exact) mass is 360 g/mol. The lowest BCUT2D eigenvalue weighted by molar-refractivity contribution is -0.123. The molecule has 1 fully saturated rings. The van der Waals surface area contributed by atoms with Crippen molar-refractivity contribution in [2.24, 2.45) is 0 Å². The van der Waals surface area contributed by atoms with E-state index in [0.29, 0.717) is 19.5 Å². The van der Waals surface area contributed by atoms with Gasteiger partial charge in [-0.15, -0.1) is 12.4 Å². The van der Waals surface area contributed by atoms with Crippen LogP contribution in [0.25, 0.3) is 0 Å². The highest BCUT2D eigenvalue weighted by molar-refractivity contribution is 5.85. The SMILES string of the molecule is Cl.O=C(NCC(Cc1ccccc1)c1ccccc1)C1CC(O)CN1. The number of hydrogen-bond donors (Lipinski definition) is 3. The van der Waals surface area contributed by atoms with Gasteiger partial charge in [-0.25, -0.2) is 0 Å². The van der Waals surface area contributed by atoms with E-state index in [-0.39, 0.29) is 30.3 Å². The molecule has 3 unspecified atom stereocenters. The first-order valence-corrected chi connectivity index (χ1v) is 8.50. The number of amides is 1. The van der Waals surface area contributed by atoms with Gasteiger partial charge in [0, 0.05) is 19.0 Å². The zero-order valence-electron chi connectivity index (χ0n) is 14.1. The Morgan fingerprint density at radius 2 is 1.76 bits per heavy atom. The van der Waals surface area contributed by atoms with E-state index in [4.69, 9.17) is 0 Å². The number of halogens is 1. The molecule has 1 aliphatic heterocycles. The molecule has 0 saturated carbocycles. The number of carbonyl (C=O) groups excluding carboxylic acids is 1. The Morgan fingerprint density at radius 1 is 1.12 bits per heavy atom. The third-order valence-electron chi connectivity index (χ3n) is 4.54. The molecule has 4 nitrogen and oxygen atoms in total. The number of aliphatic hydroxyl groups excluding tert-OH is 1. The van der Waals surface area contributed by atoms with Gasteiger partial charge in [-0.05, 0) is 24.0 Å². The first-order chi connectivity index (χ1) is 11.7. The molecule has 0 aromatic heterocycles. The van der Waals surface area contributed by atoms with Crippen molar-refractivity contribution in [1.82, 2.24) is 10.6 Å². The second-order valence-electron chi connectivity index (χ2n) is 6.39. The van der Waals surface area contributed by atoms with E-state index in [1.54, 1.807) is 0 Å². The number of hydrogen-bond acceptors (Lipinski definition) is 3. The molecule has 3 atom stereocenters. The summed E-state index contributed by atoms with van der Waals surface area (Å²) in [6.07, 6.45) is 0.946. The minimum absolute atomic E-state index is 0. The fourth-order valence-electron chi connectivity index (χ4n) is 3.20. The molecule has 3 rings (SSSR count). The van der Waals surface area contributed by atoms with E-state index >= 15 is 0 Å². The summed E-state index contributed by atoms with van der Waals surface area (Å²) >= 11 is 0. The van der Waals surface area contributed by atoms with Crippen molar-refractivity contribution in [1.29, 1.82) is 0 Å². The number of nitrogens with one attached hydrogen (secondary N) is 2. The number of aliphatic hydroxyl groups is 1. The van der Waals surface area contributed by atoms with Crippen molar-refractivity contribution in [2.75, 3.05) is 13.1 Å². The van der Waals surface area contributed by atoms with Gasteiger partial charge in [-0.2, -0.15) is 0 Å². The smallest absolute Gasteiger partial charge is 0.237 e. The lowest BCUT2D eigenvalue weighted by atomic mass is 9.92. The molecule has 0 aliphatic carbocycles. The summed E-state index contributed by atoms with van der Waals surface area (Å²) in [5, 5.41) is 15.7. The van der Waals surface area contributed by atoms with Crippen molar-refractivity contribution in [2.45, 2.75) is 30.9 Å². The molecule has 2 aromatic rings. The Kier molecular flexibility index (Phi) is 7.44. The molecule has 2 aromatic carbocycles. The Morgan fingerprint density at radius 3 is 2.36 bits per heavy atom. The van der Waals surface area contributed by atoms with E-state index in [0.717, 1.165) is 6.42 Å². The largest absolute Gasteiger partial charge is 0.392 e. The van der Waals surface area contributed by atoms with Crippen LogP contribution in [-0.4, -0.2) is 36.2 Å². The Labute approximate surface area is 155 Å². The van der Waals surface area contributed by atoms with Gasteiger partial charge >= 0.3 is 0 Å². The van der Waals surface area contributed by atoms with Crippen LogP contribution in [0.15, 0.2) is 60.7 Å². The summed E-state index contributed by atoms with van der Waals surface area (Å²) in [5.41, 5.74) is 2.48. The van der Waals surface area contributed by atoms with Crippen LogP contribution in [0.1, 0.15) is 23.5 Å². The standard InChI is InChI=1S/C20H24N2O2.ClH/c23-18-12-19(21-14-18)20(24)22-13-17(16-9-5-2-6-10-16)11-15-7-3-1-4-8-15;/h1-10,17-19,21,23H,11-14H2,(H,22,24);1H. The molecule has 1 heterocycles. The maximum absolute atomic E-state index is 12.3. The first-order valence-electron chi connectivity index (χ1n) is 8.50. The molecular weight excluding hydrogens is 336 g/mol. The van der Waals surface area contributed by atoms with Gasteiger partial charge in [0.1, 0.15) is 0 Å². The first kappa shape index (κ1) is 19.4. The van der Waals surface area contributed by atoms with Crippen LogP contribution in [0.3, 0.4) is 0 Å². The number of rotatable bonds is 6. The highest BCUT2D eigenvalue weighted by atomic mass is 35.5. The molecular formula is C20H25ClN2O2. The van der Waals surface area contributed by atoms with Gasteiger partial charge in [-0.1, -0.05) is 60.7 Å². The van der Waals surface area contributed by atoms with E-state index in [1.165, 1.54) is 11.1 Å². The minimum Gasteiger partial charge on any atom is -0.392 e.